The molecule has 2 heterocycles. The number of aryl methyl sites for hydroxylation is 1. The monoisotopic (exact) mass is 417 g/mol. The second-order valence-corrected chi connectivity index (χ2v) is 7.57. The van der Waals surface area contributed by atoms with Crippen molar-refractivity contribution in [2.45, 2.75) is 19.8 Å². The van der Waals surface area contributed by atoms with Gasteiger partial charge in [0.2, 0.25) is 0 Å². The van der Waals surface area contributed by atoms with Gasteiger partial charge in [-0.15, -0.1) is 5.10 Å². The molecule has 1 aromatic carbocycles. The van der Waals surface area contributed by atoms with Crippen LogP contribution < -0.4 is 15.4 Å². The number of ether oxygens (including phenoxy) is 1. The average Bonchev–Trinajstić information content (AvgIpc) is 3.18. The van der Waals surface area contributed by atoms with E-state index in [-0.39, 0.29) is 11.8 Å². The average molecular weight is 417 g/mol. The first kappa shape index (κ1) is 20.7. The minimum atomic E-state index is -0.712. The van der Waals surface area contributed by atoms with Crippen molar-refractivity contribution in [1.82, 2.24) is 19.8 Å². The molecule has 1 saturated heterocycles. The van der Waals surface area contributed by atoms with Gasteiger partial charge in [0.25, 0.3) is 5.91 Å². The van der Waals surface area contributed by atoms with Gasteiger partial charge in [-0.25, -0.2) is 0 Å². The number of methoxy groups -OCH3 is 1. The molecule has 1 aliphatic heterocycles. The number of nitrogens with one attached hydrogen (secondary N) is 2. The third-order valence-corrected chi connectivity index (χ3v) is 5.67. The van der Waals surface area contributed by atoms with Gasteiger partial charge in [0.1, 0.15) is 10.6 Å². The van der Waals surface area contributed by atoms with Crippen LogP contribution in [0.2, 0.25) is 0 Å². The molecule has 1 fully saturated rings. The Hall–Kier alpha value is -3.01. The van der Waals surface area contributed by atoms with Crippen LogP contribution in [0, 0.1) is 12.8 Å². The van der Waals surface area contributed by atoms with E-state index in [2.05, 4.69) is 20.2 Å². The predicted molar refractivity (Wildman–Crippen MR) is 108 cm³/mol. The maximum atomic E-state index is 12.5. The molecule has 0 atom stereocenters. The summed E-state index contributed by atoms with van der Waals surface area (Å²) in [7, 11) is 1.55. The highest BCUT2D eigenvalue weighted by Gasteiger charge is 2.26. The lowest BCUT2D eigenvalue weighted by molar-refractivity contribution is -0.136. The minimum absolute atomic E-state index is 0.0427. The van der Waals surface area contributed by atoms with E-state index in [4.69, 9.17) is 4.74 Å². The first-order chi connectivity index (χ1) is 14.0. The molecule has 3 amide bonds. The number of amides is 3. The van der Waals surface area contributed by atoms with Crippen molar-refractivity contribution < 1.29 is 19.1 Å². The van der Waals surface area contributed by atoms with Crippen LogP contribution in [0.4, 0.5) is 5.69 Å². The van der Waals surface area contributed by atoms with Gasteiger partial charge in [0.05, 0.1) is 12.8 Å². The van der Waals surface area contributed by atoms with Crippen LogP contribution in [0.3, 0.4) is 0 Å². The number of hydrogen-bond acceptors (Lipinski definition) is 7. The van der Waals surface area contributed by atoms with Crippen molar-refractivity contribution >= 4 is 34.9 Å². The van der Waals surface area contributed by atoms with E-state index < -0.39 is 11.8 Å². The number of aromatic nitrogens is 2. The predicted octanol–water partition coefficient (Wildman–Crippen LogP) is 1.46. The van der Waals surface area contributed by atoms with Crippen molar-refractivity contribution in [2.75, 3.05) is 32.1 Å². The molecule has 1 aliphatic rings. The largest absolute Gasteiger partial charge is 0.497 e. The third kappa shape index (κ3) is 5.29. The Morgan fingerprint density at radius 3 is 2.45 bits per heavy atom. The molecule has 2 aromatic rings. The molecular formula is C19H23N5O4S. The van der Waals surface area contributed by atoms with Gasteiger partial charge in [-0.1, -0.05) is 4.49 Å². The first-order valence-electron chi connectivity index (χ1n) is 9.29. The van der Waals surface area contributed by atoms with Crippen LogP contribution in [0.1, 0.15) is 28.2 Å². The fraction of sp³-hybridized carbons (Fsp3) is 0.421. The van der Waals surface area contributed by atoms with Crippen molar-refractivity contribution in [1.29, 1.82) is 0 Å². The molecule has 0 unspecified atom stereocenters. The number of hydrogen-bond donors (Lipinski definition) is 2. The number of anilines is 1. The Morgan fingerprint density at radius 2 is 1.86 bits per heavy atom. The maximum Gasteiger partial charge on any atom is 0.313 e. The Balaban J connectivity index is 1.41. The topological polar surface area (TPSA) is 114 Å². The first-order valence-corrected chi connectivity index (χ1v) is 10.1. The van der Waals surface area contributed by atoms with Crippen LogP contribution in [0.5, 0.6) is 5.75 Å². The number of likely N-dealkylation sites (tertiary alicyclic amines) is 1. The fourth-order valence-corrected chi connectivity index (χ4v) is 3.72. The second kappa shape index (κ2) is 9.46. The molecule has 1 aromatic heterocycles. The highest BCUT2D eigenvalue weighted by atomic mass is 32.1. The van der Waals surface area contributed by atoms with Gasteiger partial charge in [-0.05, 0) is 61.5 Å². The molecule has 0 aliphatic carbocycles. The summed E-state index contributed by atoms with van der Waals surface area (Å²) < 4.78 is 8.86. The number of rotatable bonds is 5. The van der Waals surface area contributed by atoms with Crippen molar-refractivity contribution in [3.8, 4) is 5.75 Å². The summed E-state index contributed by atoms with van der Waals surface area (Å²) in [4.78, 5) is 38.9. The molecule has 2 N–H and O–H groups in total. The maximum absolute atomic E-state index is 12.5. The van der Waals surface area contributed by atoms with Gasteiger partial charge in [-0.2, -0.15) is 0 Å². The molecule has 0 saturated carbocycles. The van der Waals surface area contributed by atoms with E-state index >= 15 is 0 Å². The number of carbonyl (C=O) groups is 3. The van der Waals surface area contributed by atoms with Gasteiger partial charge in [0, 0.05) is 25.3 Å². The lowest BCUT2D eigenvalue weighted by Gasteiger charge is -2.31. The van der Waals surface area contributed by atoms with Gasteiger partial charge >= 0.3 is 11.8 Å². The zero-order valence-electron chi connectivity index (χ0n) is 16.3. The fourth-order valence-electron chi connectivity index (χ4n) is 3.09. The number of benzene rings is 1. The Morgan fingerprint density at radius 1 is 1.17 bits per heavy atom. The molecular weight excluding hydrogens is 394 g/mol. The highest BCUT2D eigenvalue weighted by molar-refractivity contribution is 7.07. The smallest absolute Gasteiger partial charge is 0.313 e. The van der Waals surface area contributed by atoms with Gasteiger partial charge < -0.3 is 20.3 Å². The lowest BCUT2D eigenvalue weighted by atomic mass is 9.96. The lowest BCUT2D eigenvalue weighted by Crippen LogP contribution is -2.43. The zero-order chi connectivity index (χ0) is 20.8. The summed E-state index contributed by atoms with van der Waals surface area (Å²) in [6.45, 7) is 3.39. The SMILES string of the molecule is COc1ccc(NC(=O)C(=O)NCC2CCN(C(=O)c3snnc3C)CC2)cc1. The third-order valence-electron chi connectivity index (χ3n) is 4.85. The molecule has 10 heteroatoms. The summed E-state index contributed by atoms with van der Waals surface area (Å²) in [5, 5.41) is 9.11. The van der Waals surface area contributed by atoms with E-state index in [0.29, 0.717) is 41.6 Å². The molecule has 154 valence electrons. The van der Waals surface area contributed by atoms with Crippen LogP contribution in [0.25, 0.3) is 0 Å². The van der Waals surface area contributed by atoms with Crippen molar-refractivity contribution in [2.24, 2.45) is 5.92 Å². The van der Waals surface area contributed by atoms with E-state index in [1.54, 1.807) is 43.2 Å². The van der Waals surface area contributed by atoms with Crippen molar-refractivity contribution in [3.63, 3.8) is 0 Å². The summed E-state index contributed by atoms with van der Waals surface area (Å²) in [5.74, 6) is -0.544. The van der Waals surface area contributed by atoms with Gasteiger partial charge in [0.15, 0.2) is 0 Å². The molecule has 0 spiro atoms. The number of nitrogens with zero attached hydrogens (tertiary/aromatic N) is 3. The van der Waals surface area contributed by atoms with Crippen molar-refractivity contribution in [3.05, 3.63) is 34.8 Å². The summed E-state index contributed by atoms with van der Waals surface area (Å²) in [6, 6.07) is 6.73. The second-order valence-electron chi connectivity index (χ2n) is 6.82. The Labute approximate surface area is 172 Å². The summed E-state index contributed by atoms with van der Waals surface area (Å²) >= 11 is 1.11. The van der Waals surface area contributed by atoms with Gasteiger partial charge in [-0.3, -0.25) is 14.4 Å². The Kier molecular flexibility index (Phi) is 6.76. The zero-order valence-corrected chi connectivity index (χ0v) is 17.1. The minimum Gasteiger partial charge on any atom is -0.497 e. The molecule has 3 rings (SSSR count). The molecule has 0 radical (unpaired) electrons. The molecule has 9 nitrogen and oxygen atoms in total. The Bertz CT molecular complexity index is 875. The van der Waals surface area contributed by atoms with Crippen LogP contribution in [-0.2, 0) is 9.59 Å². The molecule has 0 bridgehead atoms. The summed E-state index contributed by atoms with van der Waals surface area (Å²) in [5.41, 5.74) is 1.17. The van der Waals surface area contributed by atoms with Crippen LogP contribution in [0.15, 0.2) is 24.3 Å². The normalized spacial score (nSPS) is 14.3. The van der Waals surface area contributed by atoms with E-state index in [1.807, 2.05) is 0 Å². The number of piperidine rings is 1. The quantitative estimate of drug-likeness (QED) is 0.712. The van der Waals surface area contributed by atoms with E-state index in [1.165, 1.54) is 0 Å². The number of carbonyl (C=O) groups excluding carboxylic acids is 3. The molecule has 29 heavy (non-hydrogen) atoms. The van der Waals surface area contributed by atoms with Crippen LogP contribution >= 0.6 is 11.5 Å². The highest BCUT2D eigenvalue weighted by Crippen LogP contribution is 2.20. The standard InChI is InChI=1S/C19H23N5O4S/c1-12-16(29-23-22-12)19(27)24-9-7-13(8-10-24)11-20-17(25)18(26)21-14-3-5-15(28-2)6-4-14/h3-6,13H,7-11H2,1-2H3,(H,20,25)(H,21,26). The summed E-state index contributed by atoms with van der Waals surface area (Å²) in [6.07, 6.45) is 1.52. The van der Waals surface area contributed by atoms with E-state index in [9.17, 15) is 14.4 Å². The van der Waals surface area contributed by atoms with Crippen LogP contribution in [-0.4, -0.2) is 59.0 Å². The van der Waals surface area contributed by atoms with E-state index in [0.717, 1.165) is 24.4 Å².